The number of ether oxygens (including phenoxy) is 2. The third kappa shape index (κ3) is 4.23. The van der Waals surface area contributed by atoms with E-state index in [1.165, 1.54) is 14.2 Å². The second-order valence-corrected chi connectivity index (χ2v) is 7.25. The maximum atomic E-state index is 12.7. The largest absolute Gasteiger partial charge is 0.497 e. The zero-order valence-corrected chi connectivity index (χ0v) is 15.9. The van der Waals surface area contributed by atoms with Crippen molar-refractivity contribution in [2.75, 3.05) is 24.3 Å². The average Bonchev–Trinajstić information content (AvgIpc) is 3.20. The standard InChI is InChI=1S/C18H18N4O5S/c1-26-14-7-3-12(4-8-14)20-17(23)16-11-19-21-18(16)28(24,25)22-13-5-9-15(27-2)10-6-13/h3-11,22H,1-2H3,(H,19,21)(H,20,23). The fourth-order valence-corrected chi connectivity index (χ4v) is 3.54. The first-order valence-corrected chi connectivity index (χ1v) is 9.57. The number of aromatic amines is 1. The summed E-state index contributed by atoms with van der Waals surface area (Å²) in [6, 6.07) is 12.9. The van der Waals surface area contributed by atoms with Crippen molar-refractivity contribution >= 4 is 27.3 Å². The molecule has 3 N–H and O–H groups in total. The molecule has 28 heavy (non-hydrogen) atoms. The Hall–Kier alpha value is -3.53. The number of nitrogens with zero attached hydrogens (tertiary/aromatic N) is 1. The van der Waals surface area contributed by atoms with Crippen molar-refractivity contribution in [2.45, 2.75) is 5.03 Å². The lowest BCUT2D eigenvalue weighted by Gasteiger charge is -2.09. The molecule has 0 aliphatic rings. The maximum absolute atomic E-state index is 12.7. The molecule has 3 rings (SSSR count). The van der Waals surface area contributed by atoms with Crippen LogP contribution >= 0.6 is 0 Å². The number of nitrogens with one attached hydrogen (secondary N) is 3. The molecule has 1 amide bonds. The van der Waals surface area contributed by atoms with E-state index in [1.807, 2.05) is 0 Å². The number of H-pyrrole nitrogens is 1. The van der Waals surface area contributed by atoms with Gasteiger partial charge in [-0.05, 0) is 48.5 Å². The van der Waals surface area contributed by atoms with Gasteiger partial charge in [0.05, 0.1) is 26.0 Å². The van der Waals surface area contributed by atoms with E-state index in [2.05, 4.69) is 20.2 Å². The van der Waals surface area contributed by atoms with Crippen molar-refractivity contribution in [3.8, 4) is 11.5 Å². The number of methoxy groups -OCH3 is 2. The highest BCUT2D eigenvalue weighted by atomic mass is 32.2. The van der Waals surface area contributed by atoms with Gasteiger partial charge < -0.3 is 14.8 Å². The Bertz CT molecular complexity index is 1060. The highest BCUT2D eigenvalue weighted by Gasteiger charge is 2.25. The highest BCUT2D eigenvalue weighted by molar-refractivity contribution is 7.92. The molecule has 0 saturated carbocycles. The van der Waals surface area contributed by atoms with E-state index in [4.69, 9.17) is 9.47 Å². The molecule has 0 saturated heterocycles. The summed E-state index contributed by atoms with van der Waals surface area (Å²) in [5, 5.41) is 8.36. The van der Waals surface area contributed by atoms with Crippen LogP contribution in [0.5, 0.6) is 11.5 Å². The van der Waals surface area contributed by atoms with Crippen LogP contribution in [0.1, 0.15) is 10.4 Å². The number of amides is 1. The fraction of sp³-hybridized carbons (Fsp3) is 0.111. The molecule has 2 aromatic carbocycles. The molecule has 0 aliphatic carbocycles. The molecule has 0 aliphatic heterocycles. The lowest BCUT2D eigenvalue weighted by molar-refractivity contribution is 0.102. The van der Waals surface area contributed by atoms with Crippen LogP contribution in [0.3, 0.4) is 0 Å². The summed E-state index contributed by atoms with van der Waals surface area (Å²) < 4.78 is 37.8. The fourth-order valence-electron chi connectivity index (χ4n) is 2.38. The molecule has 146 valence electrons. The minimum atomic E-state index is -4.06. The number of rotatable bonds is 7. The summed E-state index contributed by atoms with van der Waals surface area (Å²) in [6.07, 6.45) is 1.15. The SMILES string of the molecule is COc1ccc(NC(=O)c2cn[nH]c2S(=O)(=O)Nc2ccc(OC)cc2)cc1. The summed E-state index contributed by atoms with van der Waals surface area (Å²) in [5.41, 5.74) is 0.687. The monoisotopic (exact) mass is 402 g/mol. The summed E-state index contributed by atoms with van der Waals surface area (Å²) >= 11 is 0. The van der Waals surface area contributed by atoms with Gasteiger partial charge in [-0.2, -0.15) is 13.5 Å². The molecule has 0 fully saturated rings. The van der Waals surface area contributed by atoms with Gasteiger partial charge in [0.2, 0.25) is 0 Å². The Morgan fingerprint density at radius 3 is 2.00 bits per heavy atom. The zero-order valence-electron chi connectivity index (χ0n) is 15.1. The van der Waals surface area contributed by atoms with Gasteiger partial charge in [-0.3, -0.25) is 14.6 Å². The van der Waals surface area contributed by atoms with Gasteiger partial charge >= 0.3 is 0 Å². The van der Waals surface area contributed by atoms with E-state index >= 15 is 0 Å². The van der Waals surface area contributed by atoms with Crippen LogP contribution in [-0.4, -0.2) is 38.7 Å². The minimum Gasteiger partial charge on any atom is -0.497 e. The van der Waals surface area contributed by atoms with Crippen LogP contribution in [0, 0.1) is 0 Å². The van der Waals surface area contributed by atoms with Crippen LogP contribution in [0.4, 0.5) is 11.4 Å². The number of hydrogen-bond donors (Lipinski definition) is 3. The predicted molar refractivity (Wildman–Crippen MR) is 103 cm³/mol. The second-order valence-electron chi connectivity index (χ2n) is 5.63. The van der Waals surface area contributed by atoms with Gasteiger partial charge in [0.25, 0.3) is 15.9 Å². The Morgan fingerprint density at radius 1 is 0.929 bits per heavy atom. The summed E-state index contributed by atoms with van der Waals surface area (Å²) in [4.78, 5) is 12.5. The summed E-state index contributed by atoms with van der Waals surface area (Å²) in [5.74, 6) is 0.603. The van der Waals surface area contributed by atoms with Crippen molar-refractivity contribution in [3.05, 3.63) is 60.3 Å². The Labute approximate surface area is 161 Å². The predicted octanol–water partition coefficient (Wildman–Crippen LogP) is 2.48. The zero-order chi connectivity index (χ0) is 20.1. The molecule has 0 spiro atoms. The summed E-state index contributed by atoms with van der Waals surface area (Å²) in [6.45, 7) is 0. The van der Waals surface area contributed by atoms with Gasteiger partial charge in [0, 0.05) is 11.4 Å². The molecular formula is C18H18N4O5S. The van der Waals surface area contributed by atoms with Crippen molar-refractivity contribution < 1.29 is 22.7 Å². The Balaban J connectivity index is 1.79. The van der Waals surface area contributed by atoms with Gasteiger partial charge in [-0.25, -0.2) is 0 Å². The third-order valence-corrected chi connectivity index (χ3v) is 5.16. The van der Waals surface area contributed by atoms with E-state index in [0.717, 1.165) is 6.20 Å². The highest BCUT2D eigenvalue weighted by Crippen LogP contribution is 2.21. The molecule has 1 aromatic heterocycles. The molecule has 0 radical (unpaired) electrons. The van der Waals surface area contributed by atoms with Gasteiger partial charge in [-0.1, -0.05) is 0 Å². The van der Waals surface area contributed by atoms with Crippen molar-refractivity contribution in [2.24, 2.45) is 0 Å². The number of aromatic nitrogens is 2. The third-order valence-electron chi connectivity index (χ3n) is 3.81. The van der Waals surface area contributed by atoms with E-state index in [1.54, 1.807) is 48.5 Å². The Kier molecular flexibility index (Phi) is 5.50. The molecule has 3 aromatic rings. The second kappa shape index (κ2) is 8.01. The first kappa shape index (κ1) is 19.2. The van der Waals surface area contributed by atoms with Crippen molar-refractivity contribution in [1.82, 2.24) is 10.2 Å². The number of hydrogen-bond acceptors (Lipinski definition) is 6. The smallest absolute Gasteiger partial charge is 0.279 e. The number of sulfonamides is 1. The summed E-state index contributed by atoms with van der Waals surface area (Å²) in [7, 11) is -1.01. The van der Waals surface area contributed by atoms with Gasteiger partial charge in [0.15, 0.2) is 5.03 Å². The molecule has 0 bridgehead atoms. The molecule has 9 nitrogen and oxygen atoms in total. The molecule has 0 atom stereocenters. The minimum absolute atomic E-state index is 0.114. The lowest BCUT2D eigenvalue weighted by Crippen LogP contribution is -2.19. The van der Waals surface area contributed by atoms with E-state index < -0.39 is 15.9 Å². The quantitative estimate of drug-likeness (QED) is 0.558. The number of carbonyl (C=O) groups is 1. The van der Waals surface area contributed by atoms with E-state index in [0.29, 0.717) is 22.9 Å². The molecular weight excluding hydrogens is 384 g/mol. The van der Waals surface area contributed by atoms with Crippen LogP contribution in [0.2, 0.25) is 0 Å². The van der Waals surface area contributed by atoms with Gasteiger partial charge in [-0.15, -0.1) is 0 Å². The van der Waals surface area contributed by atoms with Crippen molar-refractivity contribution in [1.29, 1.82) is 0 Å². The Morgan fingerprint density at radius 2 is 1.46 bits per heavy atom. The topological polar surface area (TPSA) is 122 Å². The number of anilines is 2. The number of carbonyl (C=O) groups excluding carboxylic acids is 1. The van der Waals surface area contributed by atoms with Crippen LogP contribution < -0.4 is 19.5 Å². The average molecular weight is 402 g/mol. The number of benzene rings is 2. The molecule has 10 heteroatoms. The lowest BCUT2D eigenvalue weighted by atomic mass is 10.2. The van der Waals surface area contributed by atoms with Crippen LogP contribution in [-0.2, 0) is 10.0 Å². The van der Waals surface area contributed by atoms with Crippen molar-refractivity contribution in [3.63, 3.8) is 0 Å². The maximum Gasteiger partial charge on any atom is 0.279 e. The van der Waals surface area contributed by atoms with E-state index in [-0.39, 0.29) is 10.6 Å². The van der Waals surface area contributed by atoms with Crippen LogP contribution in [0.15, 0.2) is 59.8 Å². The first-order chi connectivity index (χ1) is 13.4. The molecule has 1 heterocycles. The first-order valence-electron chi connectivity index (χ1n) is 8.08. The van der Waals surface area contributed by atoms with Crippen LogP contribution in [0.25, 0.3) is 0 Å². The normalized spacial score (nSPS) is 10.9. The van der Waals surface area contributed by atoms with Gasteiger partial charge in [0.1, 0.15) is 11.5 Å². The van der Waals surface area contributed by atoms with E-state index in [9.17, 15) is 13.2 Å². The molecule has 0 unspecified atom stereocenters.